The molecule has 1 amide bonds. The number of fused-ring (bicyclic) bond motifs is 2. The molecule has 3 aromatic rings. The smallest absolute Gasteiger partial charge is 0.254 e. The summed E-state index contributed by atoms with van der Waals surface area (Å²) < 4.78 is 17.3. The minimum absolute atomic E-state index is 0.0120. The number of amides is 1. The maximum atomic E-state index is 13.5. The number of nitrogens with zero attached hydrogens (tertiary/aromatic N) is 1. The van der Waals surface area contributed by atoms with Crippen LogP contribution in [0.4, 0.5) is 0 Å². The number of rotatable bonds is 5. The van der Waals surface area contributed by atoms with Crippen LogP contribution in [0.15, 0.2) is 52.9 Å². The average molecular weight is 405 g/mol. The minimum atomic E-state index is 0.0120. The van der Waals surface area contributed by atoms with Crippen molar-refractivity contribution in [3.63, 3.8) is 0 Å². The van der Waals surface area contributed by atoms with Gasteiger partial charge in [-0.3, -0.25) is 4.79 Å². The van der Waals surface area contributed by atoms with Crippen molar-refractivity contribution in [3.05, 3.63) is 59.9 Å². The molecule has 1 aliphatic heterocycles. The van der Waals surface area contributed by atoms with Gasteiger partial charge < -0.3 is 18.8 Å². The fourth-order valence-corrected chi connectivity index (χ4v) is 4.56. The Bertz CT molecular complexity index is 1000. The van der Waals surface area contributed by atoms with E-state index in [1.807, 2.05) is 53.4 Å². The van der Waals surface area contributed by atoms with Gasteiger partial charge in [0.2, 0.25) is 0 Å². The van der Waals surface area contributed by atoms with Gasteiger partial charge in [-0.25, -0.2) is 0 Å². The molecule has 2 aliphatic rings. The van der Waals surface area contributed by atoms with E-state index < -0.39 is 0 Å². The van der Waals surface area contributed by atoms with Gasteiger partial charge in [0.25, 0.3) is 5.91 Å². The zero-order chi connectivity index (χ0) is 20.3. The number of ether oxygens (including phenoxy) is 2. The molecular weight excluding hydrogens is 378 g/mol. The molecule has 2 heterocycles. The number of furan rings is 1. The lowest BCUT2D eigenvalue weighted by molar-refractivity contribution is 0.0685. The third kappa shape index (κ3) is 4.02. The highest BCUT2D eigenvalue weighted by Crippen LogP contribution is 2.32. The monoisotopic (exact) mass is 405 g/mol. The number of benzene rings is 2. The molecule has 0 saturated heterocycles. The van der Waals surface area contributed by atoms with E-state index in [0.29, 0.717) is 42.7 Å². The second-order valence-electron chi connectivity index (χ2n) is 8.30. The largest absolute Gasteiger partial charge is 0.486 e. The third-order valence-corrected chi connectivity index (χ3v) is 6.10. The standard InChI is InChI=1S/C25H27NO4/c27-25(20-10-11-23-24(15-20)29-13-12-28-23)26(16-18-6-2-1-3-7-18)17-21-14-19-8-4-5-9-22(19)30-21/h4-5,8-11,14-15,18H,1-3,6-7,12-13,16-17H2. The maximum Gasteiger partial charge on any atom is 0.254 e. The number of carbonyl (C=O) groups is 1. The van der Waals surface area contributed by atoms with Crippen LogP contribution in [0.3, 0.4) is 0 Å². The van der Waals surface area contributed by atoms with E-state index in [1.165, 1.54) is 32.1 Å². The van der Waals surface area contributed by atoms with E-state index in [4.69, 9.17) is 13.9 Å². The molecule has 1 saturated carbocycles. The number of hydrogen-bond acceptors (Lipinski definition) is 4. The summed E-state index contributed by atoms with van der Waals surface area (Å²) in [6.07, 6.45) is 6.18. The van der Waals surface area contributed by atoms with E-state index in [-0.39, 0.29) is 5.91 Å². The van der Waals surface area contributed by atoms with Crippen LogP contribution < -0.4 is 9.47 Å². The van der Waals surface area contributed by atoms with Gasteiger partial charge >= 0.3 is 0 Å². The zero-order valence-electron chi connectivity index (χ0n) is 17.1. The van der Waals surface area contributed by atoms with Crippen LogP contribution in [0.1, 0.15) is 48.2 Å². The van der Waals surface area contributed by atoms with Crippen molar-refractivity contribution in [2.24, 2.45) is 5.92 Å². The highest BCUT2D eigenvalue weighted by atomic mass is 16.6. The highest BCUT2D eigenvalue weighted by Gasteiger charge is 2.25. The molecule has 0 N–H and O–H groups in total. The number of carbonyl (C=O) groups excluding carboxylic acids is 1. The van der Waals surface area contributed by atoms with Gasteiger partial charge in [-0.1, -0.05) is 37.5 Å². The minimum Gasteiger partial charge on any atom is -0.486 e. The summed E-state index contributed by atoms with van der Waals surface area (Å²) in [4.78, 5) is 15.5. The van der Waals surface area contributed by atoms with E-state index in [1.54, 1.807) is 0 Å². The summed E-state index contributed by atoms with van der Waals surface area (Å²) in [5.74, 6) is 2.72. The topological polar surface area (TPSA) is 51.9 Å². The molecule has 2 aromatic carbocycles. The van der Waals surface area contributed by atoms with E-state index in [0.717, 1.165) is 23.3 Å². The predicted octanol–water partition coefficient (Wildman–Crippen LogP) is 5.43. The molecule has 1 aliphatic carbocycles. The molecule has 5 nitrogen and oxygen atoms in total. The number of hydrogen-bond donors (Lipinski definition) is 0. The summed E-state index contributed by atoms with van der Waals surface area (Å²) in [7, 11) is 0. The van der Waals surface area contributed by atoms with Gasteiger partial charge in [-0.05, 0) is 49.1 Å². The maximum absolute atomic E-state index is 13.5. The van der Waals surface area contributed by atoms with Crippen molar-refractivity contribution in [2.75, 3.05) is 19.8 Å². The fraction of sp³-hybridized carbons (Fsp3) is 0.400. The van der Waals surface area contributed by atoms with E-state index >= 15 is 0 Å². The third-order valence-electron chi connectivity index (χ3n) is 6.10. The van der Waals surface area contributed by atoms with Crippen LogP contribution in [0.25, 0.3) is 11.0 Å². The summed E-state index contributed by atoms with van der Waals surface area (Å²) in [6, 6.07) is 15.5. The SMILES string of the molecule is O=C(c1ccc2c(c1)OCCO2)N(Cc1cc2ccccc2o1)CC1CCCCC1. The molecule has 0 unspecified atom stereocenters. The second-order valence-corrected chi connectivity index (χ2v) is 8.30. The Balaban J connectivity index is 1.41. The lowest BCUT2D eigenvalue weighted by Crippen LogP contribution is -2.35. The van der Waals surface area contributed by atoms with Crippen molar-refractivity contribution in [1.29, 1.82) is 0 Å². The van der Waals surface area contributed by atoms with Crippen molar-refractivity contribution in [1.82, 2.24) is 4.90 Å². The molecule has 0 atom stereocenters. The zero-order valence-corrected chi connectivity index (χ0v) is 17.1. The lowest BCUT2D eigenvalue weighted by Gasteiger charge is -2.29. The Kier molecular flexibility index (Phi) is 5.35. The molecule has 5 rings (SSSR count). The normalized spacial score (nSPS) is 16.5. The first-order chi connectivity index (χ1) is 14.8. The molecule has 0 bridgehead atoms. The van der Waals surface area contributed by atoms with Gasteiger partial charge in [0.05, 0.1) is 6.54 Å². The Morgan fingerprint density at radius 2 is 1.73 bits per heavy atom. The molecule has 1 aromatic heterocycles. The highest BCUT2D eigenvalue weighted by molar-refractivity contribution is 5.95. The molecule has 0 spiro atoms. The van der Waals surface area contributed by atoms with Crippen LogP contribution in [0.5, 0.6) is 11.5 Å². The van der Waals surface area contributed by atoms with Gasteiger partial charge in [0, 0.05) is 17.5 Å². The number of para-hydroxylation sites is 1. The average Bonchev–Trinajstić information content (AvgIpc) is 3.21. The molecule has 5 heteroatoms. The Morgan fingerprint density at radius 1 is 0.933 bits per heavy atom. The summed E-state index contributed by atoms with van der Waals surface area (Å²) >= 11 is 0. The van der Waals surface area contributed by atoms with Crippen molar-refractivity contribution in [3.8, 4) is 11.5 Å². The second kappa shape index (κ2) is 8.42. The van der Waals surface area contributed by atoms with Gasteiger partial charge in [0.1, 0.15) is 24.6 Å². The molecular formula is C25H27NO4. The quantitative estimate of drug-likeness (QED) is 0.568. The van der Waals surface area contributed by atoms with Crippen molar-refractivity contribution >= 4 is 16.9 Å². The van der Waals surface area contributed by atoms with Crippen LogP contribution in [-0.2, 0) is 6.54 Å². The molecule has 1 fully saturated rings. The summed E-state index contributed by atoms with van der Waals surface area (Å²) in [5.41, 5.74) is 1.49. The predicted molar refractivity (Wildman–Crippen MR) is 115 cm³/mol. The van der Waals surface area contributed by atoms with Crippen LogP contribution >= 0.6 is 0 Å². The first kappa shape index (κ1) is 19.0. The fourth-order valence-electron chi connectivity index (χ4n) is 4.56. The van der Waals surface area contributed by atoms with Crippen molar-refractivity contribution in [2.45, 2.75) is 38.6 Å². The Labute approximate surface area is 176 Å². The Hall–Kier alpha value is -2.95. The van der Waals surface area contributed by atoms with Crippen LogP contribution in [-0.4, -0.2) is 30.6 Å². The lowest BCUT2D eigenvalue weighted by atomic mass is 9.89. The van der Waals surface area contributed by atoms with Crippen LogP contribution in [0, 0.1) is 5.92 Å². The summed E-state index contributed by atoms with van der Waals surface area (Å²) in [5, 5.41) is 1.07. The Morgan fingerprint density at radius 3 is 2.57 bits per heavy atom. The van der Waals surface area contributed by atoms with E-state index in [2.05, 4.69) is 0 Å². The van der Waals surface area contributed by atoms with Gasteiger partial charge in [-0.15, -0.1) is 0 Å². The first-order valence-corrected chi connectivity index (χ1v) is 10.9. The summed E-state index contributed by atoms with van der Waals surface area (Å²) in [6.45, 7) is 2.28. The molecule has 30 heavy (non-hydrogen) atoms. The van der Waals surface area contributed by atoms with Crippen molar-refractivity contribution < 1.29 is 18.7 Å². The van der Waals surface area contributed by atoms with Gasteiger partial charge in [-0.2, -0.15) is 0 Å². The molecule has 156 valence electrons. The van der Waals surface area contributed by atoms with Crippen LogP contribution in [0.2, 0.25) is 0 Å². The van der Waals surface area contributed by atoms with Gasteiger partial charge in [0.15, 0.2) is 11.5 Å². The first-order valence-electron chi connectivity index (χ1n) is 10.9. The van der Waals surface area contributed by atoms with E-state index in [9.17, 15) is 4.79 Å². The molecule has 0 radical (unpaired) electrons.